The summed E-state index contributed by atoms with van der Waals surface area (Å²) in [6.45, 7) is 9.46. The molecule has 0 bridgehead atoms. The molecule has 0 aliphatic carbocycles. The number of hydrogen-bond donors (Lipinski definition) is 2. The van der Waals surface area contributed by atoms with E-state index in [2.05, 4.69) is 26.1 Å². The van der Waals surface area contributed by atoms with E-state index in [1.165, 1.54) is 6.42 Å². The predicted octanol–water partition coefficient (Wildman–Crippen LogP) is 2.90. The zero-order chi connectivity index (χ0) is 12.6. The highest BCUT2D eigenvalue weighted by molar-refractivity contribution is 5.69. The van der Waals surface area contributed by atoms with Crippen LogP contribution in [0.5, 0.6) is 0 Å². The summed E-state index contributed by atoms with van der Waals surface area (Å²) in [7, 11) is 0. The molecule has 0 saturated carbocycles. The van der Waals surface area contributed by atoms with Gasteiger partial charge < -0.3 is 10.4 Å². The van der Waals surface area contributed by atoms with E-state index in [9.17, 15) is 4.79 Å². The SMILES string of the molecule is CC(C)CCNC(C)CCCC(C)C(=O)O. The molecule has 0 aromatic rings. The average Bonchev–Trinajstić information content (AvgIpc) is 2.16. The molecule has 0 aromatic carbocycles. The maximum atomic E-state index is 10.6. The Morgan fingerprint density at radius 2 is 1.75 bits per heavy atom. The second-order valence-electron chi connectivity index (χ2n) is 5.21. The molecular formula is C13H27NO2. The minimum absolute atomic E-state index is 0.206. The summed E-state index contributed by atoms with van der Waals surface area (Å²) in [5.41, 5.74) is 0. The van der Waals surface area contributed by atoms with Gasteiger partial charge in [0.2, 0.25) is 0 Å². The third-order valence-corrected chi connectivity index (χ3v) is 2.91. The molecule has 0 aromatic heterocycles. The Labute approximate surface area is 99.6 Å². The lowest BCUT2D eigenvalue weighted by Gasteiger charge is -2.15. The van der Waals surface area contributed by atoms with Crippen molar-refractivity contribution >= 4 is 5.97 Å². The summed E-state index contributed by atoms with van der Waals surface area (Å²) in [5, 5.41) is 12.2. The molecule has 2 unspecified atom stereocenters. The summed E-state index contributed by atoms with van der Waals surface area (Å²) >= 11 is 0. The fourth-order valence-corrected chi connectivity index (χ4v) is 1.57. The molecule has 0 heterocycles. The Hall–Kier alpha value is -0.570. The first-order valence-electron chi connectivity index (χ1n) is 6.39. The second-order valence-corrected chi connectivity index (χ2v) is 5.21. The van der Waals surface area contributed by atoms with Crippen molar-refractivity contribution in [2.24, 2.45) is 11.8 Å². The number of carboxylic acid groups (broad SMARTS) is 1. The van der Waals surface area contributed by atoms with Crippen molar-refractivity contribution < 1.29 is 9.90 Å². The maximum absolute atomic E-state index is 10.6. The molecule has 0 amide bonds. The van der Waals surface area contributed by atoms with E-state index in [-0.39, 0.29) is 5.92 Å². The van der Waals surface area contributed by atoms with Crippen LogP contribution in [0.25, 0.3) is 0 Å². The number of nitrogens with one attached hydrogen (secondary N) is 1. The van der Waals surface area contributed by atoms with Gasteiger partial charge in [-0.1, -0.05) is 27.2 Å². The smallest absolute Gasteiger partial charge is 0.306 e. The number of hydrogen-bond acceptors (Lipinski definition) is 2. The van der Waals surface area contributed by atoms with Crippen LogP contribution < -0.4 is 5.32 Å². The maximum Gasteiger partial charge on any atom is 0.306 e. The number of carboxylic acids is 1. The molecular weight excluding hydrogens is 202 g/mol. The van der Waals surface area contributed by atoms with E-state index in [4.69, 9.17) is 5.11 Å². The Bertz CT molecular complexity index is 192. The molecule has 0 aliphatic rings. The van der Waals surface area contributed by atoms with Crippen LogP contribution in [0.15, 0.2) is 0 Å². The summed E-state index contributed by atoms with van der Waals surface area (Å²) in [4.78, 5) is 10.6. The molecule has 0 saturated heterocycles. The molecule has 0 fully saturated rings. The van der Waals surface area contributed by atoms with Gasteiger partial charge in [0.25, 0.3) is 0 Å². The molecule has 3 heteroatoms. The van der Waals surface area contributed by atoms with Gasteiger partial charge in [0.15, 0.2) is 0 Å². The van der Waals surface area contributed by atoms with Crippen molar-refractivity contribution in [3.63, 3.8) is 0 Å². The van der Waals surface area contributed by atoms with Gasteiger partial charge in [-0.05, 0) is 38.6 Å². The van der Waals surface area contributed by atoms with Crippen molar-refractivity contribution in [3.05, 3.63) is 0 Å². The first-order valence-corrected chi connectivity index (χ1v) is 6.39. The molecule has 3 nitrogen and oxygen atoms in total. The Morgan fingerprint density at radius 1 is 1.12 bits per heavy atom. The monoisotopic (exact) mass is 229 g/mol. The first-order chi connectivity index (χ1) is 7.43. The van der Waals surface area contributed by atoms with Gasteiger partial charge in [-0.25, -0.2) is 0 Å². The van der Waals surface area contributed by atoms with Crippen LogP contribution in [0.1, 0.15) is 53.4 Å². The Balaban J connectivity index is 3.43. The van der Waals surface area contributed by atoms with Gasteiger partial charge in [0.1, 0.15) is 0 Å². The fourth-order valence-electron chi connectivity index (χ4n) is 1.57. The van der Waals surface area contributed by atoms with Crippen LogP contribution in [0, 0.1) is 11.8 Å². The minimum atomic E-state index is -0.680. The van der Waals surface area contributed by atoms with E-state index in [1.807, 2.05) is 0 Å². The Kier molecular flexibility index (Phi) is 8.26. The lowest BCUT2D eigenvalue weighted by atomic mass is 10.0. The average molecular weight is 229 g/mol. The standard InChI is InChI=1S/C13H27NO2/c1-10(2)8-9-14-12(4)7-5-6-11(3)13(15)16/h10-12,14H,5-9H2,1-4H3,(H,15,16). The third-order valence-electron chi connectivity index (χ3n) is 2.91. The van der Waals surface area contributed by atoms with Gasteiger partial charge in [-0.3, -0.25) is 4.79 Å². The fraction of sp³-hybridized carbons (Fsp3) is 0.923. The topological polar surface area (TPSA) is 49.3 Å². The van der Waals surface area contributed by atoms with Crippen molar-refractivity contribution in [2.75, 3.05) is 6.54 Å². The normalized spacial score (nSPS) is 15.1. The van der Waals surface area contributed by atoms with Crippen LogP contribution >= 0.6 is 0 Å². The van der Waals surface area contributed by atoms with Crippen LogP contribution in [-0.2, 0) is 4.79 Å². The highest BCUT2D eigenvalue weighted by Gasteiger charge is 2.10. The van der Waals surface area contributed by atoms with E-state index in [0.717, 1.165) is 31.7 Å². The second kappa shape index (κ2) is 8.57. The first kappa shape index (κ1) is 15.4. The van der Waals surface area contributed by atoms with Gasteiger partial charge in [0, 0.05) is 6.04 Å². The van der Waals surface area contributed by atoms with Gasteiger partial charge >= 0.3 is 5.97 Å². The zero-order valence-electron chi connectivity index (χ0n) is 11.1. The molecule has 0 rings (SSSR count). The molecule has 0 spiro atoms. The van der Waals surface area contributed by atoms with Crippen LogP contribution in [-0.4, -0.2) is 23.7 Å². The minimum Gasteiger partial charge on any atom is -0.481 e. The summed E-state index contributed by atoms with van der Waals surface area (Å²) in [6, 6.07) is 0.500. The zero-order valence-corrected chi connectivity index (χ0v) is 11.1. The van der Waals surface area contributed by atoms with Crippen molar-refractivity contribution in [1.82, 2.24) is 5.32 Å². The quantitative estimate of drug-likeness (QED) is 0.639. The highest BCUT2D eigenvalue weighted by Crippen LogP contribution is 2.09. The summed E-state index contributed by atoms with van der Waals surface area (Å²) < 4.78 is 0. The number of rotatable bonds is 9. The largest absolute Gasteiger partial charge is 0.481 e. The van der Waals surface area contributed by atoms with Crippen LogP contribution in [0.2, 0.25) is 0 Å². The highest BCUT2D eigenvalue weighted by atomic mass is 16.4. The van der Waals surface area contributed by atoms with Gasteiger partial charge in [-0.2, -0.15) is 0 Å². The van der Waals surface area contributed by atoms with Crippen molar-refractivity contribution in [2.45, 2.75) is 59.4 Å². The van der Waals surface area contributed by atoms with Crippen LogP contribution in [0.4, 0.5) is 0 Å². The lowest BCUT2D eigenvalue weighted by Crippen LogP contribution is -2.27. The lowest BCUT2D eigenvalue weighted by molar-refractivity contribution is -0.141. The van der Waals surface area contributed by atoms with E-state index in [0.29, 0.717) is 6.04 Å². The van der Waals surface area contributed by atoms with E-state index >= 15 is 0 Å². The van der Waals surface area contributed by atoms with Gasteiger partial charge in [-0.15, -0.1) is 0 Å². The van der Waals surface area contributed by atoms with Crippen molar-refractivity contribution in [1.29, 1.82) is 0 Å². The molecule has 2 atom stereocenters. The molecule has 0 aliphatic heterocycles. The Morgan fingerprint density at radius 3 is 2.25 bits per heavy atom. The molecule has 0 radical (unpaired) electrons. The molecule has 16 heavy (non-hydrogen) atoms. The van der Waals surface area contributed by atoms with Crippen molar-refractivity contribution in [3.8, 4) is 0 Å². The number of carbonyl (C=O) groups is 1. The van der Waals surface area contributed by atoms with Gasteiger partial charge in [0.05, 0.1) is 5.92 Å². The summed E-state index contributed by atoms with van der Waals surface area (Å²) in [5.74, 6) is -0.144. The van der Waals surface area contributed by atoms with E-state index in [1.54, 1.807) is 6.92 Å². The molecule has 96 valence electrons. The predicted molar refractivity (Wildman–Crippen MR) is 67.6 cm³/mol. The number of aliphatic carboxylic acids is 1. The van der Waals surface area contributed by atoms with E-state index < -0.39 is 5.97 Å². The molecule has 2 N–H and O–H groups in total. The summed E-state index contributed by atoms with van der Waals surface area (Å²) in [6.07, 6.45) is 4.04. The van der Waals surface area contributed by atoms with Crippen LogP contribution in [0.3, 0.4) is 0 Å². The third kappa shape index (κ3) is 8.72.